The molecule has 3 N–H and O–H groups in total. The molecule has 1 aromatic carbocycles. The molecule has 0 heterocycles. The van der Waals surface area contributed by atoms with Gasteiger partial charge in [0.1, 0.15) is 0 Å². The standard InChI is InChI=1S/C13H21N3O3S/c1-10-5-6-12(15-11(2)17)9-13(10)20(18,19)16(3)8-4-7-14/h5-6,9H,4,7-8,14H2,1-3H3,(H,15,17). The number of aryl methyl sites for hydroxylation is 1. The average molecular weight is 299 g/mol. The van der Waals surface area contributed by atoms with Crippen LogP contribution in [-0.2, 0) is 14.8 Å². The van der Waals surface area contributed by atoms with Gasteiger partial charge in [0, 0.05) is 26.2 Å². The van der Waals surface area contributed by atoms with Gasteiger partial charge >= 0.3 is 0 Å². The Morgan fingerprint density at radius 2 is 2.05 bits per heavy atom. The molecule has 7 heteroatoms. The van der Waals surface area contributed by atoms with E-state index in [1.165, 1.54) is 24.3 Å². The van der Waals surface area contributed by atoms with Crippen LogP contribution in [0.1, 0.15) is 18.9 Å². The quantitative estimate of drug-likeness (QED) is 0.817. The molecule has 0 saturated heterocycles. The van der Waals surface area contributed by atoms with E-state index in [9.17, 15) is 13.2 Å². The van der Waals surface area contributed by atoms with Crippen LogP contribution in [0.25, 0.3) is 0 Å². The number of rotatable bonds is 6. The van der Waals surface area contributed by atoms with Crippen LogP contribution in [0.2, 0.25) is 0 Å². The predicted molar refractivity (Wildman–Crippen MR) is 79.0 cm³/mol. The second-order valence-electron chi connectivity index (χ2n) is 4.63. The summed E-state index contributed by atoms with van der Waals surface area (Å²) in [5.74, 6) is -0.242. The first-order chi connectivity index (χ1) is 9.28. The molecule has 0 aliphatic rings. The second kappa shape index (κ2) is 6.83. The lowest BCUT2D eigenvalue weighted by Gasteiger charge is -2.19. The molecule has 0 bridgehead atoms. The van der Waals surface area contributed by atoms with Crippen molar-refractivity contribution >= 4 is 21.6 Å². The minimum Gasteiger partial charge on any atom is -0.330 e. The number of hydrogen-bond acceptors (Lipinski definition) is 4. The van der Waals surface area contributed by atoms with Gasteiger partial charge in [0.2, 0.25) is 15.9 Å². The largest absolute Gasteiger partial charge is 0.330 e. The van der Waals surface area contributed by atoms with Crippen LogP contribution in [0.4, 0.5) is 5.69 Å². The number of hydrogen-bond donors (Lipinski definition) is 2. The van der Waals surface area contributed by atoms with Crippen LogP contribution in [0.15, 0.2) is 23.1 Å². The van der Waals surface area contributed by atoms with Crippen LogP contribution < -0.4 is 11.1 Å². The Morgan fingerprint density at radius 1 is 1.40 bits per heavy atom. The van der Waals surface area contributed by atoms with Gasteiger partial charge in [-0.1, -0.05) is 6.07 Å². The number of carbonyl (C=O) groups excluding carboxylic acids is 1. The maximum Gasteiger partial charge on any atom is 0.243 e. The van der Waals surface area contributed by atoms with Crippen molar-refractivity contribution in [3.8, 4) is 0 Å². The number of sulfonamides is 1. The summed E-state index contributed by atoms with van der Waals surface area (Å²) in [7, 11) is -2.05. The molecule has 0 fully saturated rings. The Balaban J connectivity index is 3.13. The third kappa shape index (κ3) is 4.03. The smallest absolute Gasteiger partial charge is 0.243 e. The maximum absolute atomic E-state index is 12.5. The maximum atomic E-state index is 12.5. The lowest BCUT2D eigenvalue weighted by atomic mass is 10.2. The number of nitrogens with two attached hydrogens (primary N) is 1. The summed E-state index contributed by atoms with van der Waals surface area (Å²) in [5, 5.41) is 2.58. The Labute approximate surface area is 120 Å². The molecule has 0 aromatic heterocycles. The lowest BCUT2D eigenvalue weighted by Crippen LogP contribution is -2.29. The molecule has 6 nitrogen and oxygen atoms in total. The van der Waals surface area contributed by atoms with E-state index in [0.29, 0.717) is 30.8 Å². The van der Waals surface area contributed by atoms with E-state index >= 15 is 0 Å². The summed E-state index contributed by atoms with van der Waals surface area (Å²) in [4.78, 5) is 11.2. The third-order valence-corrected chi connectivity index (χ3v) is 4.87. The monoisotopic (exact) mass is 299 g/mol. The van der Waals surface area contributed by atoms with Gasteiger partial charge in [-0.05, 0) is 37.6 Å². The number of amides is 1. The Morgan fingerprint density at radius 3 is 2.60 bits per heavy atom. The topological polar surface area (TPSA) is 92.5 Å². The van der Waals surface area contributed by atoms with Gasteiger partial charge < -0.3 is 11.1 Å². The van der Waals surface area contributed by atoms with Crippen molar-refractivity contribution in [2.45, 2.75) is 25.2 Å². The van der Waals surface area contributed by atoms with Gasteiger partial charge in [0.25, 0.3) is 0 Å². The molecule has 0 unspecified atom stereocenters. The molecule has 0 spiro atoms. The Bertz CT molecular complexity index is 585. The van der Waals surface area contributed by atoms with E-state index in [2.05, 4.69) is 5.32 Å². The molecule has 1 rings (SSSR count). The summed E-state index contributed by atoms with van der Waals surface area (Å²) in [6, 6.07) is 4.83. The van der Waals surface area contributed by atoms with Gasteiger partial charge in [-0.15, -0.1) is 0 Å². The minimum atomic E-state index is -3.57. The predicted octanol–water partition coefficient (Wildman–Crippen LogP) is 0.923. The zero-order valence-electron chi connectivity index (χ0n) is 12.0. The van der Waals surface area contributed by atoms with Gasteiger partial charge in [0.15, 0.2) is 0 Å². The molecule has 1 aromatic rings. The number of benzene rings is 1. The SMILES string of the molecule is CC(=O)Nc1ccc(C)c(S(=O)(=O)N(C)CCCN)c1. The normalized spacial score (nSPS) is 11.7. The zero-order chi connectivity index (χ0) is 15.3. The van der Waals surface area contributed by atoms with Crippen molar-refractivity contribution in [2.24, 2.45) is 5.73 Å². The van der Waals surface area contributed by atoms with Crippen molar-refractivity contribution in [3.63, 3.8) is 0 Å². The summed E-state index contributed by atoms with van der Waals surface area (Å²) >= 11 is 0. The molecule has 0 aliphatic heterocycles. The van der Waals surface area contributed by atoms with Crippen molar-refractivity contribution in [1.29, 1.82) is 0 Å². The van der Waals surface area contributed by atoms with E-state index < -0.39 is 10.0 Å². The fourth-order valence-corrected chi connectivity index (χ4v) is 3.22. The first-order valence-corrected chi connectivity index (χ1v) is 7.77. The van der Waals surface area contributed by atoms with E-state index in [4.69, 9.17) is 5.73 Å². The van der Waals surface area contributed by atoms with E-state index in [1.54, 1.807) is 19.1 Å². The van der Waals surface area contributed by atoms with Crippen molar-refractivity contribution in [3.05, 3.63) is 23.8 Å². The number of carbonyl (C=O) groups is 1. The van der Waals surface area contributed by atoms with Gasteiger partial charge in [-0.25, -0.2) is 12.7 Å². The molecular formula is C13H21N3O3S. The van der Waals surface area contributed by atoms with E-state index in [1.807, 2.05) is 0 Å². The highest BCUT2D eigenvalue weighted by atomic mass is 32.2. The minimum absolute atomic E-state index is 0.197. The van der Waals surface area contributed by atoms with Crippen molar-refractivity contribution < 1.29 is 13.2 Å². The highest BCUT2D eigenvalue weighted by Crippen LogP contribution is 2.23. The van der Waals surface area contributed by atoms with Crippen LogP contribution >= 0.6 is 0 Å². The van der Waals surface area contributed by atoms with E-state index in [-0.39, 0.29) is 10.8 Å². The number of anilines is 1. The van der Waals surface area contributed by atoms with Crippen LogP contribution in [-0.4, -0.2) is 38.8 Å². The molecule has 0 saturated carbocycles. The molecule has 0 radical (unpaired) electrons. The fourth-order valence-electron chi connectivity index (χ4n) is 1.76. The van der Waals surface area contributed by atoms with Crippen molar-refractivity contribution in [1.82, 2.24) is 4.31 Å². The van der Waals surface area contributed by atoms with E-state index in [0.717, 1.165) is 0 Å². The summed E-state index contributed by atoms with van der Waals surface area (Å²) in [6.07, 6.45) is 0.597. The zero-order valence-corrected chi connectivity index (χ0v) is 12.8. The van der Waals surface area contributed by atoms with Gasteiger partial charge in [-0.3, -0.25) is 4.79 Å². The molecule has 1 amide bonds. The summed E-state index contributed by atoms with van der Waals surface area (Å²) < 4.78 is 26.2. The van der Waals surface area contributed by atoms with Gasteiger partial charge in [0.05, 0.1) is 4.90 Å². The first-order valence-electron chi connectivity index (χ1n) is 6.33. The number of nitrogens with one attached hydrogen (secondary N) is 1. The number of nitrogens with zero attached hydrogens (tertiary/aromatic N) is 1. The second-order valence-corrected chi connectivity index (χ2v) is 6.64. The first kappa shape index (κ1) is 16.6. The third-order valence-electron chi connectivity index (χ3n) is 2.87. The van der Waals surface area contributed by atoms with Crippen molar-refractivity contribution in [2.75, 3.05) is 25.5 Å². The summed E-state index contributed by atoms with van der Waals surface area (Å²) in [5.41, 5.74) is 6.50. The average Bonchev–Trinajstić information content (AvgIpc) is 2.37. The Kier molecular flexibility index (Phi) is 5.67. The fraction of sp³-hybridized carbons (Fsp3) is 0.462. The highest BCUT2D eigenvalue weighted by Gasteiger charge is 2.22. The van der Waals surface area contributed by atoms with Crippen LogP contribution in [0.3, 0.4) is 0 Å². The van der Waals surface area contributed by atoms with Crippen LogP contribution in [0, 0.1) is 6.92 Å². The molecular weight excluding hydrogens is 278 g/mol. The molecule has 112 valence electrons. The molecule has 0 aliphatic carbocycles. The highest BCUT2D eigenvalue weighted by molar-refractivity contribution is 7.89. The Hall–Kier alpha value is -1.44. The van der Waals surface area contributed by atoms with Crippen LogP contribution in [0.5, 0.6) is 0 Å². The molecule has 0 atom stereocenters. The molecule has 20 heavy (non-hydrogen) atoms. The van der Waals surface area contributed by atoms with Gasteiger partial charge in [-0.2, -0.15) is 0 Å². The lowest BCUT2D eigenvalue weighted by molar-refractivity contribution is -0.114. The summed E-state index contributed by atoms with van der Waals surface area (Å²) in [6.45, 7) is 3.90.